The van der Waals surface area contributed by atoms with Gasteiger partial charge in [0.1, 0.15) is 0 Å². The van der Waals surface area contributed by atoms with Gasteiger partial charge in [-0.3, -0.25) is 9.59 Å². The Morgan fingerprint density at radius 1 is 1.25 bits per heavy atom. The van der Waals surface area contributed by atoms with Gasteiger partial charge in [-0.1, -0.05) is 17.7 Å². The summed E-state index contributed by atoms with van der Waals surface area (Å²) >= 11 is 0. The monoisotopic (exact) mass is 278 g/mol. The Bertz CT molecular complexity index is 443. The SMILES string of the molecule is COCCCNC(=O)CN(C)C(=O)c1ccc(C)cc1. The van der Waals surface area contributed by atoms with Crippen molar-refractivity contribution in [3.05, 3.63) is 35.4 Å². The van der Waals surface area contributed by atoms with Crippen molar-refractivity contribution in [2.24, 2.45) is 0 Å². The molecule has 0 heterocycles. The van der Waals surface area contributed by atoms with Gasteiger partial charge in [-0.15, -0.1) is 0 Å². The second kappa shape index (κ2) is 8.32. The number of nitrogens with zero attached hydrogens (tertiary/aromatic N) is 1. The largest absolute Gasteiger partial charge is 0.385 e. The van der Waals surface area contributed by atoms with E-state index in [1.165, 1.54) is 4.90 Å². The van der Waals surface area contributed by atoms with Gasteiger partial charge in [-0.05, 0) is 25.5 Å². The highest BCUT2D eigenvalue weighted by Crippen LogP contribution is 2.05. The summed E-state index contributed by atoms with van der Waals surface area (Å²) in [5.41, 5.74) is 1.69. The molecule has 0 fully saturated rings. The Balaban J connectivity index is 2.41. The van der Waals surface area contributed by atoms with Gasteiger partial charge in [0.15, 0.2) is 0 Å². The van der Waals surface area contributed by atoms with Crippen LogP contribution in [-0.4, -0.2) is 50.6 Å². The molecular formula is C15H22N2O3. The maximum absolute atomic E-state index is 12.1. The molecule has 0 atom stereocenters. The molecule has 110 valence electrons. The highest BCUT2D eigenvalue weighted by molar-refractivity contribution is 5.96. The average molecular weight is 278 g/mol. The third-order valence-electron chi connectivity index (χ3n) is 2.87. The zero-order valence-electron chi connectivity index (χ0n) is 12.3. The van der Waals surface area contributed by atoms with E-state index in [1.54, 1.807) is 26.3 Å². The molecular weight excluding hydrogens is 256 g/mol. The van der Waals surface area contributed by atoms with E-state index in [9.17, 15) is 9.59 Å². The predicted octanol–water partition coefficient (Wildman–Crippen LogP) is 1.22. The Kier molecular flexibility index (Phi) is 6.73. The fraction of sp³-hybridized carbons (Fsp3) is 0.467. The number of rotatable bonds is 7. The summed E-state index contributed by atoms with van der Waals surface area (Å²) in [6, 6.07) is 7.30. The number of aryl methyl sites for hydroxylation is 1. The van der Waals surface area contributed by atoms with Gasteiger partial charge in [-0.2, -0.15) is 0 Å². The summed E-state index contributed by atoms with van der Waals surface area (Å²) in [5.74, 6) is -0.318. The lowest BCUT2D eigenvalue weighted by Crippen LogP contribution is -2.38. The van der Waals surface area contributed by atoms with Crippen molar-refractivity contribution in [2.45, 2.75) is 13.3 Å². The molecule has 1 rings (SSSR count). The van der Waals surface area contributed by atoms with Gasteiger partial charge < -0.3 is 15.0 Å². The number of methoxy groups -OCH3 is 1. The number of hydrogen-bond acceptors (Lipinski definition) is 3. The third-order valence-corrected chi connectivity index (χ3v) is 2.87. The Hall–Kier alpha value is -1.88. The van der Waals surface area contributed by atoms with Crippen LogP contribution >= 0.6 is 0 Å². The van der Waals surface area contributed by atoms with Crippen LogP contribution in [0.1, 0.15) is 22.3 Å². The van der Waals surface area contributed by atoms with Crippen LogP contribution in [0.2, 0.25) is 0 Å². The summed E-state index contributed by atoms with van der Waals surface area (Å²) in [6.07, 6.45) is 0.762. The molecule has 0 unspecified atom stereocenters. The van der Waals surface area contributed by atoms with Crippen molar-refractivity contribution in [1.82, 2.24) is 10.2 Å². The molecule has 1 aromatic rings. The minimum absolute atomic E-state index is 0.0552. The van der Waals surface area contributed by atoms with Crippen LogP contribution in [0.5, 0.6) is 0 Å². The molecule has 5 heteroatoms. The van der Waals surface area contributed by atoms with Crippen molar-refractivity contribution in [2.75, 3.05) is 33.9 Å². The van der Waals surface area contributed by atoms with Crippen molar-refractivity contribution < 1.29 is 14.3 Å². The topological polar surface area (TPSA) is 58.6 Å². The first-order valence-corrected chi connectivity index (χ1v) is 6.62. The minimum atomic E-state index is -0.163. The van der Waals surface area contributed by atoms with Crippen molar-refractivity contribution in [1.29, 1.82) is 0 Å². The van der Waals surface area contributed by atoms with E-state index >= 15 is 0 Å². The summed E-state index contributed by atoms with van der Waals surface area (Å²) < 4.78 is 4.89. The fourth-order valence-corrected chi connectivity index (χ4v) is 1.70. The summed E-state index contributed by atoms with van der Waals surface area (Å²) in [4.78, 5) is 25.2. The maximum atomic E-state index is 12.1. The van der Waals surface area contributed by atoms with Crippen LogP contribution in [0.3, 0.4) is 0 Å². The second-order valence-corrected chi connectivity index (χ2v) is 4.72. The average Bonchev–Trinajstić information content (AvgIpc) is 2.43. The van der Waals surface area contributed by atoms with E-state index in [1.807, 2.05) is 19.1 Å². The molecule has 5 nitrogen and oxygen atoms in total. The quantitative estimate of drug-likeness (QED) is 0.763. The number of ether oxygens (including phenoxy) is 1. The number of amides is 2. The van der Waals surface area contributed by atoms with Crippen LogP contribution in [0, 0.1) is 6.92 Å². The molecule has 0 saturated heterocycles. The number of carbonyl (C=O) groups is 2. The molecule has 2 amide bonds. The predicted molar refractivity (Wildman–Crippen MR) is 77.6 cm³/mol. The van der Waals surface area contributed by atoms with Gasteiger partial charge in [0.2, 0.25) is 5.91 Å². The highest BCUT2D eigenvalue weighted by atomic mass is 16.5. The molecule has 0 bridgehead atoms. The van der Waals surface area contributed by atoms with Crippen LogP contribution in [0.15, 0.2) is 24.3 Å². The van der Waals surface area contributed by atoms with Crippen molar-refractivity contribution in [3.8, 4) is 0 Å². The van der Waals surface area contributed by atoms with Crippen LogP contribution < -0.4 is 5.32 Å². The Morgan fingerprint density at radius 2 is 1.90 bits per heavy atom. The minimum Gasteiger partial charge on any atom is -0.385 e. The second-order valence-electron chi connectivity index (χ2n) is 4.72. The van der Waals surface area contributed by atoms with Gasteiger partial charge >= 0.3 is 0 Å². The molecule has 0 aliphatic heterocycles. The van der Waals surface area contributed by atoms with Gasteiger partial charge in [0.05, 0.1) is 6.54 Å². The number of carbonyl (C=O) groups excluding carboxylic acids is 2. The zero-order valence-corrected chi connectivity index (χ0v) is 12.3. The normalized spacial score (nSPS) is 10.2. The lowest BCUT2D eigenvalue weighted by atomic mass is 10.1. The lowest BCUT2D eigenvalue weighted by Gasteiger charge is -2.17. The molecule has 0 aromatic heterocycles. The molecule has 1 N–H and O–H groups in total. The molecule has 0 aliphatic carbocycles. The molecule has 0 saturated carbocycles. The van der Waals surface area contributed by atoms with E-state index in [4.69, 9.17) is 4.74 Å². The first kappa shape index (κ1) is 16.2. The van der Waals surface area contributed by atoms with Crippen LogP contribution in [-0.2, 0) is 9.53 Å². The van der Waals surface area contributed by atoms with E-state index in [-0.39, 0.29) is 18.4 Å². The summed E-state index contributed by atoms with van der Waals surface area (Å²) in [7, 11) is 3.24. The smallest absolute Gasteiger partial charge is 0.254 e. The Labute approximate surface area is 119 Å². The fourth-order valence-electron chi connectivity index (χ4n) is 1.70. The maximum Gasteiger partial charge on any atom is 0.254 e. The van der Waals surface area contributed by atoms with E-state index < -0.39 is 0 Å². The molecule has 0 spiro atoms. The van der Waals surface area contributed by atoms with Crippen LogP contribution in [0.4, 0.5) is 0 Å². The number of benzene rings is 1. The van der Waals surface area contributed by atoms with Crippen molar-refractivity contribution in [3.63, 3.8) is 0 Å². The molecule has 20 heavy (non-hydrogen) atoms. The van der Waals surface area contributed by atoms with Crippen molar-refractivity contribution >= 4 is 11.8 Å². The number of nitrogens with one attached hydrogen (secondary N) is 1. The number of likely N-dealkylation sites (N-methyl/N-ethyl adjacent to an activating group) is 1. The van der Waals surface area contributed by atoms with Crippen LogP contribution in [0.25, 0.3) is 0 Å². The molecule has 0 aliphatic rings. The highest BCUT2D eigenvalue weighted by Gasteiger charge is 2.14. The third kappa shape index (κ3) is 5.40. The van der Waals surface area contributed by atoms with Gasteiger partial charge in [0, 0.05) is 32.9 Å². The Morgan fingerprint density at radius 3 is 2.50 bits per heavy atom. The zero-order chi connectivity index (χ0) is 15.0. The molecule has 0 radical (unpaired) electrons. The van der Waals surface area contributed by atoms with Gasteiger partial charge in [0.25, 0.3) is 5.91 Å². The summed E-state index contributed by atoms with van der Waals surface area (Å²) in [5, 5.41) is 2.75. The molecule has 1 aromatic carbocycles. The van der Waals surface area contributed by atoms with E-state index in [0.717, 1.165) is 12.0 Å². The van der Waals surface area contributed by atoms with E-state index in [2.05, 4.69) is 5.32 Å². The van der Waals surface area contributed by atoms with E-state index in [0.29, 0.717) is 18.7 Å². The first-order valence-electron chi connectivity index (χ1n) is 6.62. The lowest BCUT2D eigenvalue weighted by molar-refractivity contribution is -0.121. The standard InChI is InChI=1S/C15H22N2O3/c1-12-5-7-13(8-6-12)15(19)17(2)11-14(18)16-9-4-10-20-3/h5-8H,4,9-11H2,1-3H3,(H,16,18). The first-order chi connectivity index (χ1) is 9.54. The number of hydrogen-bond donors (Lipinski definition) is 1. The summed E-state index contributed by atoms with van der Waals surface area (Å²) in [6.45, 7) is 3.18. The van der Waals surface area contributed by atoms with Gasteiger partial charge in [-0.25, -0.2) is 0 Å².